The summed E-state index contributed by atoms with van der Waals surface area (Å²) in [5.74, 6) is -0.630. The molecule has 2 aromatic rings. The number of rotatable bonds is 5. The second-order valence-electron chi connectivity index (χ2n) is 5.59. The smallest absolute Gasteiger partial charge is 0.270 e. The summed E-state index contributed by atoms with van der Waals surface area (Å²) in [6, 6.07) is 5.41. The predicted molar refractivity (Wildman–Crippen MR) is 87.2 cm³/mol. The van der Waals surface area contributed by atoms with Crippen molar-refractivity contribution in [3.8, 4) is 5.75 Å². The molecule has 7 heteroatoms. The number of hydrogen-bond donors (Lipinski definition) is 1. The number of amides is 1. The number of nitrogens with zero attached hydrogens (tertiary/aromatic N) is 1. The van der Waals surface area contributed by atoms with Crippen LogP contribution in [0.15, 0.2) is 30.5 Å². The minimum absolute atomic E-state index is 0.0694. The van der Waals surface area contributed by atoms with Gasteiger partial charge in [0.2, 0.25) is 5.78 Å². The summed E-state index contributed by atoms with van der Waals surface area (Å²) in [4.78, 5) is 29.0. The third-order valence-electron chi connectivity index (χ3n) is 3.89. The van der Waals surface area contributed by atoms with Gasteiger partial charge in [0.15, 0.2) is 6.61 Å². The second kappa shape index (κ2) is 7.05. The van der Waals surface area contributed by atoms with Crippen LogP contribution in [0.1, 0.15) is 33.7 Å². The largest absolute Gasteiger partial charge is 0.485 e. The summed E-state index contributed by atoms with van der Waals surface area (Å²) in [7, 11) is 0. The Bertz CT molecular complexity index is 769. The molecule has 1 aliphatic rings. The van der Waals surface area contributed by atoms with Gasteiger partial charge in [0.05, 0.1) is 5.02 Å². The topological polar surface area (TPSA) is 62.4 Å². The van der Waals surface area contributed by atoms with Crippen LogP contribution in [0.2, 0.25) is 5.02 Å². The fourth-order valence-corrected chi connectivity index (χ4v) is 2.74. The second-order valence-corrected chi connectivity index (χ2v) is 6.00. The zero-order valence-electron chi connectivity index (χ0n) is 12.9. The number of nitrogens with one attached hydrogen (secondary N) is 1. The number of hydrogen-bond acceptors (Lipinski definition) is 3. The first kappa shape index (κ1) is 16.5. The van der Waals surface area contributed by atoms with Gasteiger partial charge in [-0.05, 0) is 31.0 Å². The molecule has 1 fully saturated rings. The van der Waals surface area contributed by atoms with Gasteiger partial charge in [-0.25, -0.2) is 4.39 Å². The molecule has 126 valence electrons. The van der Waals surface area contributed by atoms with Crippen molar-refractivity contribution in [2.24, 2.45) is 0 Å². The summed E-state index contributed by atoms with van der Waals surface area (Å²) in [6.07, 6.45) is 3.51. The van der Waals surface area contributed by atoms with Crippen molar-refractivity contribution in [3.63, 3.8) is 0 Å². The van der Waals surface area contributed by atoms with Gasteiger partial charge in [0.25, 0.3) is 5.91 Å². The van der Waals surface area contributed by atoms with Crippen molar-refractivity contribution >= 4 is 23.3 Å². The number of Topliss-reactive ketones (excluding diaryl/α,β-unsaturated/α-hetero) is 1. The van der Waals surface area contributed by atoms with Crippen LogP contribution >= 0.6 is 11.6 Å². The van der Waals surface area contributed by atoms with E-state index in [0.717, 1.165) is 25.9 Å². The normalized spacial score (nSPS) is 14.0. The average Bonchev–Trinajstić information content (AvgIpc) is 3.26. The highest BCUT2D eigenvalue weighted by atomic mass is 35.5. The number of ketones is 1. The quantitative estimate of drug-likeness (QED) is 0.841. The van der Waals surface area contributed by atoms with Crippen LogP contribution in [0.5, 0.6) is 5.75 Å². The van der Waals surface area contributed by atoms with Gasteiger partial charge < -0.3 is 14.6 Å². The number of H-pyrrole nitrogens is 1. The van der Waals surface area contributed by atoms with Crippen LogP contribution in [0.25, 0.3) is 0 Å². The van der Waals surface area contributed by atoms with Crippen LogP contribution < -0.4 is 4.74 Å². The molecule has 1 aliphatic heterocycles. The summed E-state index contributed by atoms with van der Waals surface area (Å²) in [6.45, 7) is 1.27. The number of carbonyl (C=O) groups excluding carboxylic acids is 2. The fourth-order valence-electron chi connectivity index (χ4n) is 2.57. The summed E-state index contributed by atoms with van der Waals surface area (Å²) in [5, 5.41) is -0.0694. The first-order valence-corrected chi connectivity index (χ1v) is 8.01. The van der Waals surface area contributed by atoms with Crippen molar-refractivity contribution in [3.05, 3.63) is 52.6 Å². The van der Waals surface area contributed by atoms with E-state index in [0.29, 0.717) is 17.0 Å². The molecular weight excluding hydrogens is 335 g/mol. The van der Waals surface area contributed by atoms with Gasteiger partial charge in [0.1, 0.15) is 17.3 Å². The Morgan fingerprint density at radius 2 is 2.00 bits per heavy atom. The molecule has 5 nitrogen and oxygen atoms in total. The Morgan fingerprint density at radius 3 is 2.71 bits per heavy atom. The molecule has 1 saturated heterocycles. The number of carbonyl (C=O) groups is 2. The SMILES string of the molecule is O=C(COc1ccc(F)c(Cl)c1)c1c[nH]c(C(=O)N2CCCC2)c1. The first-order valence-electron chi connectivity index (χ1n) is 7.63. The minimum atomic E-state index is -0.550. The minimum Gasteiger partial charge on any atom is -0.485 e. The van der Waals surface area contributed by atoms with Crippen LogP contribution in [-0.2, 0) is 0 Å². The summed E-state index contributed by atoms with van der Waals surface area (Å²) < 4.78 is 18.4. The van der Waals surface area contributed by atoms with E-state index in [2.05, 4.69) is 4.98 Å². The first-order chi connectivity index (χ1) is 11.5. The molecule has 0 aliphatic carbocycles. The van der Waals surface area contributed by atoms with Gasteiger partial charge in [-0.2, -0.15) is 0 Å². The van der Waals surface area contributed by atoms with Crippen LogP contribution in [-0.4, -0.2) is 41.3 Å². The van der Waals surface area contributed by atoms with Crippen molar-refractivity contribution in [2.75, 3.05) is 19.7 Å². The molecule has 0 atom stereocenters. The maximum absolute atomic E-state index is 13.1. The Kier molecular flexibility index (Phi) is 4.85. The van der Waals surface area contributed by atoms with Crippen LogP contribution in [0, 0.1) is 5.82 Å². The standard InChI is InChI=1S/C17H16ClFN2O3/c18-13-8-12(3-4-14(13)19)24-10-16(22)11-7-15(20-9-11)17(23)21-5-1-2-6-21/h3-4,7-9,20H,1-2,5-6,10H2. The van der Waals surface area contributed by atoms with Gasteiger partial charge in [-0.15, -0.1) is 0 Å². The number of halogens is 2. The van der Waals surface area contributed by atoms with Gasteiger partial charge in [-0.3, -0.25) is 9.59 Å². The molecule has 1 amide bonds. The summed E-state index contributed by atoms with van der Waals surface area (Å²) >= 11 is 5.66. The van der Waals surface area contributed by atoms with E-state index in [1.807, 2.05) is 0 Å². The lowest BCUT2D eigenvalue weighted by molar-refractivity contribution is 0.0787. The zero-order chi connectivity index (χ0) is 17.1. The van der Waals surface area contributed by atoms with Crippen LogP contribution in [0.4, 0.5) is 4.39 Å². The average molecular weight is 351 g/mol. The molecule has 1 N–H and O–H groups in total. The van der Waals surface area contributed by atoms with E-state index >= 15 is 0 Å². The van der Waals surface area contributed by atoms with Crippen molar-refractivity contribution in [2.45, 2.75) is 12.8 Å². The van der Waals surface area contributed by atoms with Crippen molar-refractivity contribution in [1.82, 2.24) is 9.88 Å². The lowest BCUT2D eigenvalue weighted by Gasteiger charge is -2.13. The molecule has 1 aromatic heterocycles. The highest BCUT2D eigenvalue weighted by molar-refractivity contribution is 6.30. The number of aromatic nitrogens is 1. The lowest BCUT2D eigenvalue weighted by Crippen LogP contribution is -2.27. The number of likely N-dealkylation sites (tertiary alicyclic amines) is 1. The summed E-state index contributed by atoms with van der Waals surface area (Å²) in [5.41, 5.74) is 0.760. The number of aromatic amines is 1. The van der Waals surface area contributed by atoms with Crippen molar-refractivity contribution in [1.29, 1.82) is 0 Å². The van der Waals surface area contributed by atoms with E-state index in [4.69, 9.17) is 16.3 Å². The molecule has 2 heterocycles. The van der Waals surface area contributed by atoms with E-state index in [-0.39, 0.29) is 23.3 Å². The lowest BCUT2D eigenvalue weighted by atomic mass is 10.2. The van der Waals surface area contributed by atoms with E-state index in [1.54, 1.807) is 4.90 Å². The Balaban J connectivity index is 1.61. The van der Waals surface area contributed by atoms with E-state index in [1.165, 1.54) is 30.5 Å². The molecule has 0 bridgehead atoms. The van der Waals surface area contributed by atoms with Gasteiger partial charge in [-0.1, -0.05) is 11.6 Å². The predicted octanol–water partition coefficient (Wildman–Crippen LogP) is 3.30. The molecule has 3 rings (SSSR count). The van der Waals surface area contributed by atoms with Gasteiger partial charge in [0, 0.05) is 30.9 Å². The number of benzene rings is 1. The molecule has 0 unspecified atom stereocenters. The molecule has 0 saturated carbocycles. The molecule has 0 radical (unpaired) electrons. The fraction of sp³-hybridized carbons (Fsp3) is 0.294. The third-order valence-corrected chi connectivity index (χ3v) is 4.18. The van der Waals surface area contributed by atoms with Crippen molar-refractivity contribution < 1.29 is 18.7 Å². The maximum atomic E-state index is 13.1. The molecule has 24 heavy (non-hydrogen) atoms. The molecule has 1 aromatic carbocycles. The maximum Gasteiger partial charge on any atom is 0.270 e. The zero-order valence-corrected chi connectivity index (χ0v) is 13.6. The Labute approximate surface area is 143 Å². The third kappa shape index (κ3) is 3.59. The monoisotopic (exact) mass is 350 g/mol. The number of ether oxygens (including phenoxy) is 1. The Morgan fingerprint density at radius 1 is 1.25 bits per heavy atom. The van der Waals surface area contributed by atoms with Crippen LogP contribution in [0.3, 0.4) is 0 Å². The molecular formula is C17H16ClFN2O3. The van der Waals surface area contributed by atoms with Gasteiger partial charge >= 0.3 is 0 Å². The Hall–Kier alpha value is -2.34. The highest BCUT2D eigenvalue weighted by Gasteiger charge is 2.21. The highest BCUT2D eigenvalue weighted by Crippen LogP contribution is 2.21. The van der Waals surface area contributed by atoms with E-state index in [9.17, 15) is 14.0 Å². The molecule has 0 spiro atoms. The van der Waals surface area contributed by atoms with E-state index < -0.39 is 5.82 Å².